The minimum Gasteiger partial charge on any atom is -0.478 e. The van der Waals surface area contributed by atoms with Crippen LogP contribution < -0.4 is 5.32 Å². The van der Waals surface area contributed by atoms with E-state index in [0.717, 1.165) is 14.9 Å². The highest BCUT2D eigenvalue weighted by molar-refractivity contribution is 9.11. The van der Waals surface area contributed by atoms with E-state index in [4.69, 9.17) is 5.11 Å². The van der Waals surface area contributed by atoms with Crippen molar-refractivity contribution in [1.82, 2.24) is 5.32 Å². The van der Waals surface area contributed by atoms with Crippen molar-refractivity contribution in [2.75, 3.05) is 0 Å². The fourth-order valence-corrected chi connectivity index (χ4v) is 3.06. The van der Waals surface area contributed by atoms with Gasteiger partial charge < -0.3 is 10.4 Å². The van der Waals surface area contributed by atoms with Crippen molar-refractivity contribution < 1.29 is 14.7 Å². The van der Waals surface area contributed by atoms with Gasteiger partial charge in [-0.1, -0.05) is 12.1 Å². The number of aryl methyl sites for hydroxylation is 1. The van der Waals surface area contributed by atoms with Crippen LogP contribution in [-0.4, -0.2) is 17.0 Å². The first-order valence-electron chi connectivity index (χ1n) is 5.83. The number of hydrogen-bond donors (Lipinski definition) is 2. The average molecular weight is 354 g/mol. The largest absolute Gasteiger partial charge is 0.478 e. The number of benzene rings is 1. The molecule has 4 nitrogen and oxygen atoms in total. The molecule has 0 saturated heterocycles. The van der Waals surface area contributed by atoms with Crippen molar-refractivity contribution in [1.29, 1.82) is 0 Å². The molecule has 0 bridgehead atoms. The Balaban J connectivity index is 1.98. The van der Waals surface area contributed by atoms with Gasteiger partial charge in [0.15, 0.2) is 0 Å². The minimum atomic E-state index is -0.959. The lowest BCUT2D eigenvalue weighted by atomic mass is 10.1. The van der Waals surface area contributed by atoms with Gasteiger partial charge in [-0.2, -0.15) is 0 Å². The molecule has 0 fully saturated rings. The number of halogens is 1. The summed E-state index contributed by atoms with van der Waals surface area (Å²) < 4.78 is 0.952. The van der Waals surface area contributed by atoms with Gasteiger partial charge in [0.05, 0.1) is 14.2 Å². The van der Waals surface area contributed by atoms with Crippen molar-refractivity contribution in [3.8, 4) is 0 Å². The van der Waals surface area contributed by atoms with Gasteiger partial charge in [-0.05, 0) is 52.2 Å². The van der Waals surface area contributed by atoms with E-state index in [0.29, 0.717) is 11.4 Å². The first kappa shape index (κ1) is 14.7. The molecule has 2 N–H and O–H groups in total. The zero-order chi connectivity index (χ0) is 14.7. The molecule has 0 radical (unpaired) electrons. The van der Waals surface area contributed by atoms with Gasteiger partial charge in [-0.3, -0.25) is 4.79 Å². The Labute approximate surface area is 128 Å². The molecule has 2 aromatic rings. The molecule has 1 aromatic carbocycles. The number of amides is 1. The lowest BCUT2D eigenvalue weighted by Gasteiger charge is -2.04. The predicted octanol–water partition coefficient (Wildman–Crippen LogP) is 3.45. The van der Waals surface area contributed by atoms with Crippen LogP contribution in [0.2, 0.25) is 0 Å². The van der Waals surface area contributed by atoms with Crippen molar-refractivity contribution in [2.24, 2.45) is 0 Å². The Kier molecular flexibility index (Phi) is 4.57. The number of nitrogens with one attached hydrogen (secondary N) is 1. The molecule has 1 amide bonds. The molecule has 1 aromatic heterocycles. The zero-order valence-electron chi connectivity index (χ0n) is 10.6. The molecule has 104 valence electrons. The number of rotatable bonds is 4. The zero-order valence-corrected chi connectivity index (χ0v) is 13.0. The van der Waals surface area contributed by atoms with E-state index in [1.165, 1.54) is 23.5 Å². The van der Waals surface area contributed by atoms with Gasteiger partial charge in [0.2, 0.25) is 0 Å². The number of carbonyl (C=O) groups excluding carboxylic acids is 1. The predicted molar refractivity (Wildman–Crippen MR) is 81.3 cm³/mol. The van der Waals surface area contributed by atoms with Crippen LogP contribution in [0.4, 0.5) is 0 Å². The quantitative estimate of drug-likeness (QED) is 0.884. The highest BCUT2D eigenvalue weighted by Crippen LogP contribution is 2.27. The SMILES string of the molecule is Cc1cc(C(=O)NCc2ccc(C(=O)O)cc2)sc1Br. The second-order valence-corrected chi connectivity index (χ2v) is 6.62. The van der Waals surface area contributed by atoms with Crippen LogP contribution in [0.25, 0.3) is 0 Å². The molecule has 6 heteroatoms. The minimum absolute atomic E-state index is 0.133. The van der Waals surface area contributed by atoms with Crippen molar-refractivity contribution >= 4 is 39.1 Å². The lowest BCUT2D eigenvalue weighted by Crippen LogP contribution is -2.21. The third-order valence-corrected chi connectivity index (χ3v) is 4.87. The van der Waals surface area contributed by atoms with E-state index in [1.54, 1.807) is 12.1 Å². The molecule has 0 saturated carbocycles. The Morgan fingerprint density at radius 3 is 2.45 bits per heavy atom. The summed E-state index contributed by atoms with van der Waals surface area (Å²) in [5, 5.41) is 11.6. The summed E-state index contributed by atoms with van der Waals surface area (Å²) in [7, 11) is 0. The van der Waals surface area contributed by atoms with Crippen LogP contribution in [0.15, 0.2) is 34.1 Å². The number of carbonyl (C=O) groups is 2. The maximum absolute atomic E-state index is 11.9. The number of hydrogen-bond acceptors (Lipinski definition) is 3. The molecule has 0 unspecified atom stereocenters. The second kappa shape index (κ2) is 6.19. The summed E-state index contributed by atoms with van der Waals surface area (Å²) in [6.45, 7) is 2.30. The van der Waals surface area contributed by atoms with Crippen LogP contribution in [-0.2, 0) is 6.54 Å². The third-order valence-electron chi connectivity index (χ3n) is 2.73. The summed E-state index contributed by atoms with van der Waals surface area (Å²) in [5.41, 5.74) is 2.12. The van der Waals surface area contributed by atoms with Gasteiger partial charge in [0.1, 0.15) is 0 Å². The number of carboxylic acids is 1. The molecule has 0 aliphatic heterocycles. The summed E-state index contributed by atoms with van der Waals surface area (Å²) in [6.07, 6.45) is 0. The van der Waals surface area contributed by atoms with E-state index in [1.807, 2.05) is 13.0 Å². The van der Waals surface area contributed by atoms with E-state index >= 15 is 0 Å². The Hall–Kier alpha value is -1.66. The number of aromatic carboxylic acids is 1. The maximum atomic E-state index is 11.9. The number of carboxylic acid groups (broad SMARTS) is 1. The highest BCUT2D eigenvalue weighted by Gasteiger charge is 2.11. The molecule has 0 aliphatic rings. The van der Waals surface area contributed by atoms with Crippen LogP contribution in [0, 0.1) is 6.92 Å². The van der Waals surface area contributed by atoms with Gasteiger partial charge in [0, 0.05) is 6.54 Å². The summed E-state index contributed by atoms with van der Waals surface area (Å²) in [6, 6.07) is 8.27. The van der Waals surface area contributed by atoms with Gasteiger partial charge >= 0.3 is 5.97 Å². The van der Waals surface area contributed by atoms with E-state index in [2.05, 4.69) is 21.2 Å². The molecular formula is C14H12BrNO3S. The van der Waals surface area contributed by atoms with Gasteiger partial charge in [-0.25, -0.2) is 4.79 Å². The first-order valence-corrected chi connectivity index (χ1v) is 7.44. The summed E-state index contributed by atoms with van der Waals surface area (Å²) in [5.74, 6) is -1.09. The molecule has 20 heavy (non-hydrogen) atoms. The van der Waals surface area contributed by atoms with Crippen LogP contribution in [0.5, 0.6) is 0 Å². The van der Waals surface area contributed by atoms with Crippen molar-refractivity contribution in [2.45, 2.75) is 13.5 Å². The highest BCUT2D eigenvalue weighted by atomic mass is 79.9. The fraction of sp³-hybridized carbons (Fsp3) is 0.143. The van der Waals surface area contributed by atoms with E-state index in [-0.39, 0.29) is 11.5 Å². The normalized spacial score (nSPS) is 10.3. The Bertz CT molecular complexity index is 629. The third kappa shape index (κ3) is 3.46. The van der Waals surface area contributed by atoms with Crippen molar-refractivity contribution in [3.63, 3.8) is 0 Å². The average Bonchev–Trinajstić information content (AvgIpc) is 2.76. The summed E-state index contributed by atoms with van der Waals surface area (Å²) in [4.78, 5) is 23.3. The molecule has 1 heterocycles. The maximum Gasteiger partial charge on any atom is 0.335 e. The monoisotopic (exact) mass is 353 g/mol. The van der Waals surface area contributed by atoms with E-state index < -0.39 is 5.97 Å². The lowest BCUT2D eigenvalue weighted by molar-refractivity contribution is 0.0696. The van der Waals surface area contributed by atoms with Crippen molar-refractivity contribution in [3.05, 3.63) is 55.7 Å². The van der Waals surface area contributed by atoms with Crippen LogP contribution in [0.3, 0.4) is 0 Å². The Morgan fingerprint density at radius 1 is 1.30 bits per heavy atom. The molecule has 2 rings (SSSR count). The first-order chi connectivity index (χ1) is 9.47. The molecule has 0 spiro atoms. The topological polar surface area (TPSA) is 66.4 Å². The Morgan fingerprint density at radius 2 is 1.95 bits per heavy atom. The molecule has 0 atom stereocenters. The fourth-order valence-electron chi connectivity index (χ4n) is 1.61. The number of thiophene rings is 1. The van der Waals surface area contributed by atoms with Crippen LogP contribution >= 0.6 is 27.3 Å². The smallest absolute Gasteiger partial charge is 0.335 e. The standard InChI is InChI=1S/C14H12BrNO3S/c1-8-6-11(20-12(8)15)13(17)16-7-9-2-4-10(5-3-9)14(18)19/h2-6H,7H2,1H3,(H,16,17)(H,18,19). The molecular weight excluding hydrogens is 342 g/mol. The molecule has 0 aliphatic carbocycles. The second-order valence-electron chi connectivity index (χ2n) is 4.25. The summed E-state index contributed by atoms with van der Waals surface area (Å²) >= 11 is 4.78. The van der Waals surface area contributed by atoms with Gasteiger partial charge in [0.25, 0.3) is 5.91 Å². The van der Waals surface area contributed by atoms with Crippen LogP contribution in [0.1, 0.15) is 31.2 Å². The van der Waals surface area contributed by atoms with E-state index in [9.17, 15) is 9.59 Å². The van der Waals surface area contributed by atoms with Gasteiger partial charge in [-0.15, -0.1) is 11.3 Å².